The fraction of sp³-hybridized carbons (Fsp3) is 0. The molecule has 2 heterocycles. The van der Waals surface area contributed by atoms with Gasteiger partial charge in [0.2, 0.25) is 10.0 Å². The van der Waals surface area contributed by atoms with E-state index in [1.54, 1.807) is 35.0 Å². The number of thiophene rings is 1. The molecule has 32 heavy (non-hydrogen) atoms. The van der Waals surface area contributed by atoms with Crippen LogP contribution in [0.15, 0.2) is 82.1 Å². The Hall–Kier alpha value is -3.80. The third-order valence-corrected chi connectivity index (χ3v) is 6.22. The number of nitrogens with two attached hydrogens (primary N) is 1. The number of aromatic hydroxyl groups is 1. The Morgan fingerprint density at radius 2 is 1.84 bits per heavy atom. The number of hydrogen-bond donors (Lipinski definition) is 3. The van der Waals surface area contributed by atoms with Crippen molar-refractivity contribution in [2.75, 3.05) is 0 Å². The van der Waals surface area contributed by atoms with Crippen LogP contribution in [0.25, 0.3) is 16.3 Å². The molecule has 0 aliphatic rings. The fourth-order valence-electron chi connectivity index (χ4n) is 2.85. The standard InChI is InChI=1S/C21H17N5O4S2/c22-32(29,30)17-9-5-15(6-10-17)26-19(20-2-1-11-31-20)12-18(25-26)21(28)24-23-13-14-3-7-16(27)8-4-14/h1-13,27H,(H,24,28)(H2,22,29,30)/b23-13-. The van der Waals surface area contributed by atoms with Crippen molar-refractivity contribution in [3.63, 3.8) is 0 Å². The summed E-state index contributed by atoms with van der Waals surface area (Å²) in [6, 6.07) is 17.6. The summed E-state index contributed by atoms with van der Waals surface area (Å²) in [5, 5.41) is 24.7. The summed E-state index contributed by atoms with van der Waals surface area (Å²) < 4.78 is 24.6. The molecule has 9 nitrogen and oxygen atoms in total. The first kappa shape index (κ1) is 21.4. The van der Waals surface area contributed by atoms with Crippen LogP contribution >= 0.6 is 11.3 Å². The zero-order chi connectivity index (χ0) is 22.7. The second kappa shape index (κ2) is 8.75. The molecule has 4 N–H and O–H groups in total. The van der Waals surface area contributed by atoms with Crippen molar-refractivity contribution in [2.24, 2.45) is 10.2 Å². The number of amides is 1. The van der Waals surface area contributed by atoms with Crippen LogP contribution in [-0.2, 0) is 10.0 Å². The summed E-state index contributed by atoms with van der Waals surface area (Å²) in [5.74, 6) is -0.382. The number of phenols is 1. The highest BCUT2D eigenvalue weighted by molar-refractivity contribution is 7.89. The van der Waals surface area contributed by atoms with Gasteiger partial charge < -0.3 is 5.11 Å². The van der Waals surface area contributed by atoms with Gasteiger partial charge in [-0.3, -0.25) is 4.79 Å². The van der Waals surface area contributed by atoms with E-state index in [1.807, 2.05) is 17.5 Å². The Balaban J connectivity index is 1.62. The molecule has 0 saturated heterocycles. The monoisotopic (exact) mass is 467 g/mol. The van der Waals surface area contributed by atoms with E-state index in [0.717, 1.165) is 4.88 Å². The van der Waals surface area contributed by atoms with E-state index in [0.29, 0.717) is 16.9 Å². The van der Waals surface area contributed by atoms with Crippen LogP contribution in [0, 0.1) is 0 Å². The number of carbonyl (C=O) groups is 1. The van der Waals surface area contributed by atoms with Crippen LogP contribution in [0.1, 0.15) is 16.1 Å². The van der Waals surface area contributed by atoms with Gasteiger partial charge in [0.15, 0.2) is 5.69 Å². The molecule has 0 atom stereocenters. The molecule has 4 rings (SSSR count). The average Bonchev–Trinajstić information content (AvgIpc) is 3.44. The average molecular weight is 468 g/mol. The molecule has 0 fully saturated rings. The topological polar surface area (TPSA) is 140 Å². The summed E-state index contributed by atoms with van der Waals surface area (Å²) in [7, 11) is -3.82. The molecule has 0 aliphatic heterocycles. The molecule has 162 valence electrons. The highest BCUT2D eigenvalue weighted by atomic mass is 32.2. The van der Waals surface area contributed by atoms with Crippen molar-refractivity contribution in [3.8, 4) is 22.0 Å². The maximum Gasteiger partial charge on any atom is 0.291 e. The summed E-state index contributed by atoms with van der Waals surface area (Å²) in [5.41, 5.74) is 4.48. The first-order chi connectivity index (χ1) is 15.3. The van der Waals surface area contributed by atoms with Crippen molar-refractivity contribution in [3.05, 3.63) is 83.4 Å². The lowest BCUT2D eigenvalue weighted by Crippen LogP contribution is -2.18. The quantitative estimate of drug-likeness (QED) is 0.295. The number of nitrogens with zero attached hydrogens (tertiary/aromatic N) is 3. The zero-order valence-corrected chi connectivity index (χ0v) is 18.0. The number of primary sulfonamides is 1. The summed E-state index contributed by atoms with van der Waals surface area (Å²) >= 11 is 1.48. The van der Waals surface area contributed by atoms with E-state index < -0.39 is 15.9 Å². The van der Waals surface area contributed by atoms with E-state index in [2.05, 4.69) is 15.6 Å². The van der Waals surface area contributed by atoms with Gasteiger partial charge in [-0.25, -0.2) is 23.7 Å². The van der Waals surface area contributed by atoms with E-state index in [1.165, 1.54) is 41.8 Å². The second-order valence-corrected chi connectivity index (χ2v) is 9.14. The molecule has 1 amide bonds. The molecule has 2 aromatic heterocycles. The largest absolute Gasteiger partial charge is 0.508 e. The van der Waals surface area contributed by atoms with E-state index in [-0.39, 0.29) is 16.3 Å². The number of benzene rings is 2. The molecule has 4 aromatic rings. The smallest absolute Gasteiger partial charge is 0.291 e. The van der Waals surface area contributed by atoms with Gasteiger partial charge in [0.05, 0.1) is 27.4 Å². The summed E-state index contributed by atoms with van der Waals surface area (Å²) in [6.07, 6.45) is 1.44. The normalized spacial score (nSPS) is 11.7. The lowest BCUT2D eigenvalue weighted by atomic mass is 10.2. The van der Waals surface area contributed by atoms with Crippen LogP contribution in [0.3, 0.4) is 0 Å². The van der Waals surface area contributed by atoms with E-state index >= 15 is 0 Å². The number of aromatic nitrogens is 2. The van der Waals surface area contributed by atoms with Gasteiger partial charge in [-0.2, -0.15) is 10.2 Å². The molecule has 0 aliphatic carbocycles. The third kappa shape index (κ3) is 4.75. The minimum atomic E-state index is -3.82. The van der Waals surface area contributed by atoms with Crippen LogP contribution < -0.4 is 10.6 Å². The van der Waals surface area contributed by atoms with Gasteiger partial charge in [0.25, 0.3) is 5.91 Å². The Labute approximate surface area is 187 Å². The second-order valence-electron chi connectivity index (χ2n) is 6.63. The van der Waals surface area contributed by atoms with Crippen LogP contribution in [0.4, 0.5) is 0 Å². The van der Waals surface area contributed by atoms with Crippen LogP contribution in [-0.4, -0.2) is 35.4 Å². The first-order valence-electron chi connectivity index (χ1n) is 9.21. The number of carbonyl (C=O) groups excluding carboxylic acids is 1. The minimum Gasteiger partial charge on any atom is -0.508 e. The molecule has 0 radical (unpaired) electrons. The number of nitrogens with one attached hydrogen (secondary N) is 1. The molecule has 0 unspecified atom stereocenters. The van der Waals surface area contributed by atoms with Crippen LogP contribution in [0.2, 0.25) is 0 Å². The predicted molar refractivity (Wildman–Crippen MR) is 121 cm³/mol. The number of hydrazone groups is 1. The maximum atomic E-state index is 12.6. The SMILES string of the molecule is NS(=O)(=O)c1ccc(-n2nc(C(=O)N/N=C\c3ccc(O)cc3)cc2-c2cccs2)cc1. The third-order valence-electron chi connectivity index (χ3n) is 4.40. The first-order valence-corrected chi connectivity index (χ1v) is 11.6. The van der Waals surface area contributed by atoms with E-state index in [9.17, 15) is 18.3 Å². The minimum absolute atomic E-state index is 0.0207. The van der Waals surface area contributed by atoms with Gasteiger partial charge in [0.1, 0.15) is 5.75 Å². The lowest BCUT2D eigenvalue weighted by Gasteiger charge is -2.07. The van der Waals surface area contributed by atoms with E-state index in [4.69, 9.17) is 5.14 Å². The molecular formula is C21H17N5O4S2. The number of phenolic OH excluding ortho intramolecular Hbond substituents is 1. The van der Waals surface area contributed by atoms with Gasteiger partial charge in [-0.1, -0.05) is 6.07 Å². The van der Waals surface area contributed by atoms with Gasteiger partial charge in [0, 0.05) is 0 Å². The lowest BCUT2D eigenvalue weighted by molar-refractivity contribution is 0.0949. The highest BCUT2D eigenvalue weighted by Gasteiger charge is 2.18. The van der Waals surface area contributed by atoms with Crippen molar-refractivity contribution in [1.29, 1.82) is 0 Å². The van der Waals surface area contributed by atoms with Crippen molar-refractivity contribution in [2.45, 2.75) is 4.90 Å². The fourth-order valence-corrected chi connectivity index (χ4v) is 4.09. The molecule has 0 saturated carbocycles. The number of rotatable bonds is 6. The van der Waals surface area contributed by atoms with Crippen LogP contribution in [0.5, 0.6) is 5.75 Å². The summed E-state index contributed by atoms with van der Waals surface area (Å²) in [6.45, 7) is 0. The Bertz CT molecular complexity index is 1380. The van der Waals surface area contributed by atoms with Crippen molar-refractivity contribution < 1.29 is 18.3 Å². The maximum absolute atomic E-state index is 12.6. The number of sulfonamides is 1. The molecule has 11 heteroatoms. The molecule has 0 spiro atoms. The predicted octanol–water partition coefficient (Wildman–Crippen LogP) is 2.72. The Morgan fingerprint density at radius 3 is 2.47 bits per heavy atom. The molecule has 2 aromatic carbocycles. The van der Waals surface area contributed by atoms with Crippen molar-refractivity contribution >= 4 is 33.5 Å². The highest BCUT2D eigenvalue weighted by Crippen LogP contribution is 2.28. The zero-order valence-electron chi connectivity index (χ0n) is 16.4. The van der Waals surface area contributed by atoms with Crippen molar-refractivity contribution in [1.82, 2.24) is 15.2 Å². The number of hydrogen-bond acceptors (Lipinski definition) is 7. The van der Waals surface area contributed by atoms with Gasteiger partial charge in [-0.15, -0.1) is 11.3 Å². The molecular weight excluding hydrogens is 450 g/mol. The van der Waals surface area contributed by atoms with Gasteiger partial charge in [-0.05, 0) is 71.6 Å². The Kier molecular flexibility index (Phi) is 5.86. The summed E-state index contributed by atoms with van der Waals surface area (Å²) in [4.78, 5) is 13.5. The van der Waals surface area contributed by atoms with Gasteiger partial charge >= 0.3 is 0 Å². The Morgan fingerprint density at radius 1 is 1.12 bits per heavy atom. The molecule has 0 bridgehead atoms.